The molecular weight excluding hydrogens is 921 g/mol. The van der Waals surface area contributed by atoms with E-state index in [2.05, 4.69) is 21.3 Å². The Hall–Kier alpha value is -7.56. The number of aryl methyl sites for hydroxylation is 2. The van der Waals surface area contributed by atoms with E-state index >= 15 is 0 Å². The number of carbonyl (C=O) groups excluding carboxylic acids is 8. The number of rotatable bonds is 25. The van der Waals surface area contributed by atoms with Gasteiger partial charge < -0.3 is 40.5 Å². The molecule has 0 aromatic heterocycles. The fourth-order valence-electron chi connectivity index (χ4n) is 8.88. The number of hydroxylamine groups is 2. The zero-order chi connectivity index (χ0) is 51.6. The van der Waals surface area contributed by atoms with Crippen LogP contribution in [0.1, 0.15) is 108 Å². The minimum absolute atomic E-state index is 0.0282. The van der Waals surface area contributed by atoms with Crippen molar-refractivity contribution in [1.82, 2.24) is 31.2 Å². The van der Waals surface area contributed by atoms with Crippen molar-refractivity contribution in [3.05, 3.63) is 137 Å². The number of amides is 7. The smallest absolute Gasteiger partial charge is 0.363 e. The number of carbonyl (C=O) groups is 8. The first-order chi connectivity index (χ1) is 34.7. The van der Waals surface area contributed by atoms with Crippen LogP contribution in [0.2, 0.25) is 0 Å². The summed E-state index contributed by atoms with van der Waals surface area (Å²) in [5.74, 6) is -3.35. The lowest BCUT2D eigenvalue weighted by atomic mass is 9.92. The summed E-state index contributed by atoms with van der Waals surface area (Å²) in [6.45, 7) is 8.57. The minimum Gasteiger partial charge on any atom is -0.483 e. The number of hydrogen-bond acceptors (Lipinski definition) is 11. The summed E-state index contributed by atoms with van der Waals surface area (Å²) in [6.07, 6.45) is 2.03. The summed E-state index contributed by atoms with van der Waals surface area (Å²) < 4.78 is 12.5. The molecule has 7 amide bonds. The first kappa shape index (κ1) is 53.8. The monoisotopic (exact) mass is 986 g/mol. The van der Waals surface area contributed by atoms with Gasteiger partial charge in [0.05, 0.1) is 11.6 Å². The van der Waals surface area contributed by atoms with Crippen LogP contribution in [0.3, 0.4) is 0 Å². The van der Waals surface area contributed by atoms with E-state index in [9.17, 15) is 38.4 Å². The molecule has 4 atom stereocenters. The van der Waals surface area contributed by atoms with Gasteiger partial charge in [-0.1, -0.05) is 99.1 Å². The summed E-state index contributed by atoms with van der Waals surface area (Å²) in [5, 5.41) is 12.5. The molecule has 6 rings (SSSR count). The lowest BCUT2D eigenvalue weighted by Gasteiger charge is -2.37. The van der Waals surface area contributed by atoms with E-state index in [1.54, 1.807) is 4.90 Å². The molecule has 17 nitrogen and oxygen atoms in total. The number of imide groups is 1. The van der Waals surface area contributed by atoms with Crippen molar-refractivity contribution in [2.45, 2.75) is 116 Å². The maximum atomic E-state index is 14.4. The van der Waals surface area contributed by atoms with E-state index in [-0.39, 0.29) is 73.6 Å². The second-order valence-corrected chi connectivity index (χ2v) is 18.6. The van der Waals surface area contributed by atoms with Crippen LogP contribution < -0.4 is 26.0 Å². The average molecular weight is 987 g/mol. The van der Waals surface area contributed by atoms with Crippen molar-refractivity contribution in [3.8, 4) is 5.75 Å². The molecule has 0 bridgehead atoms. The molecule has 0 spiro atoms. The van der Waals surface area contributed by atoms with Gasteiger partial charge in [0.2, 0.25) is 5.91 Å². The number of benzene rings is 4. The molecule has 2 heterocycles. The number of nitrogens with zero attached hydrogens (tertiary/aromatic N) is 2. The van der Waals surface area contributed by atoms with E-state index in [1.165, 1.54) is 24.3 Å². The molecule has 2 fully saturated rings. The van der Waals surface area contributed by atoms with Crippen molar-refractivity contribution in [1.29, 1.82) is 0 Å². The molecule has 0 saturated carbocycles. The van der Waals surface area contributed by atoms with Crippen molar-refractivity contribution < 1.29 is 52.7 Å². The number of hydrogen-bond donors (Lipinski definition) is 4. The minimum atomic E-state index is -0.940. The Balaban J connectivity index is 1.14. The van der Waals surface area contributed by atoms with Gasteiger partial charge in [-0.05, 0) is 98.4 Å². The Morgan fingerprint density at radius 1 is 0.722 bits per heavy atom. The normalized spacial score (nSPS) is 15.2. The Kier molecular flexibility index (Phi) is 19.9. The van der Waals surface area contributed by atoms with Gasteiger partial charge in [-0.15, -0.1) is 5.06 Å². The lowest BCUT2D eigenvalue weighted by molar-refractivity contribution is -0.172. The maximum Gasteiger partial charge on any atom is 0.363 e. The van der Waals surface area contributed by atoms with Gasteiger partial charge in [-0.3, -0.25) is 28.8 Å². The zero-order valence-corrected chi connectivity index (χ0v) is 41.5. The number of esters is 1. The number of nitrogens with one attached hydrogen (secondary N) is 4. The maximum absolute atomic E-state index is 14.4. The lowest BCUT2D eigenvalue weighted by Crippen LogP contribution is -2.59. The van der Waals surface area contributed by atoms with Crippen molar-refractivity contribution in [3.63, 3.8) is 0 Å². The molecule has 2 aliphatic heterocycles. The van der Waals surface area contributed by atoms with Gasteiger partial charge in [-0.25, -0.2) is 9.59 Å². The van der Waals surface area contributed by atoms with Crippen molar-refractivity contribution in [2.24, 2.45) is 5.92 Å². The molecule has 2 aliphatic rings. The largest absolute Gasteiger partial charge is 0.483 e. The topological polar surface area (TPSA) is 219 Å². The second-order valence-electron chi connectivity index (χ2n) is 18.6. The van der Waals surface area contributed by atoms with Gasteiger partial charge in [0.25, 0.3) is 23.6 Å². The van der Waals surface area contributed by atoms with Gasteiger partial charge in [0.15, 0.2) is 6.61 Å². The second kappa shape index (κ2) is 26.6. The van der Waals surface area contributed by atoms with Crippen LogP contribution in [0.5, 0.6) is 5.75 Å². The van der Waals surface area contributed by atoms with Crippen LogP contribution >= 0.6 is 0 Å². The molecule has 4 aromatic rings. The highest BCUT2D eigenvalue weighted by Crippen LogP contribution is 2.24. The van der Waals surface area contributed by atoms with Gasteiger partial charge >= 0.3 is 18.0 Å². The molecule has 4 N–H and O–H groups in total. The Morgan fingerprint density at radius 3 is 1.97 bits per heavy atom. The van der Waals surface area contributed by atoms with Crippen LogP contribution in [0, 0.1) is 19.8 Å². The van der Waals surface area contributed by atoms with E-state index < -0.39 is 53.9 Å². The first-order valence-electron chi connectivity index (χ1n) is 24.7. The third-order valence-electron chi connectivity index (χ3n) is 12.6. The third kappa shape index (κ3) is 15.7. The highest BCUT2D eigenvalue weighted by Gasteiger charge is 2.37. The number of urea groups is 1. The Labute approximate surface area is 420 Å². The van der Waals surface area contributed by atoms with Crippen LogP contribution in [-0.4, -0.2) is 108 Å². The SMILES string of the molecule is Cc1cccc(C)c1OCC(=O)N[C@@H](Cc1ccccc1)[C@H](C[C@H](Cc1ccccc1)NC(=O)[C@H](C(C)C)N1CCCNC1=O)OC(=O)CCCCCNC(=O)c1ccc(C(=O)ON2C(=O)CCC2=O)cc1. The molecule has 72 heavy (non-hydrogen) atoms. The van der Waals surface area contributed by atoms with E-state index in [0.717, 1.165) is 22.3 Å². The van der Waals surface area contributed by atoms with Crippen LogP contribution in [0.15, 0.2) is 103 Å². The standard InChI is InChI=1S/C55H66N6O11/c1-36(2)50(60-31-15-30-57-55(60)69)53(67)58-43(32-39-18-8-5-9-19-39)34-45(44(33-40-20-10-6-11-21-40)59-46(62)35-70-51-37(3)16-14-17-38(51)4)71-49(65)22-12-7-13-29-56-52(66)41-23-25-42(26-24-41)54(68)72-61-47(63)27-28-48(61)64/h5-6,8-11,14,16-21,23-26,36,43-45,50H,7,12-13,15,22,27-35H2,1-4H3,(H,56,66)(H,57,69)(H,58,67)(H,59,62)/t43-,44-,45-,50-/m0/s1. The Morgan fingerprint density at radius 2 is 1.35 bits per heavy atom. The highest BCUT2D eigenvalue weighted by atomic mass is 16.7. The van der Waals surface area contributed by atoms with Gasteiger partial charge in [-0.2, -0.15) is 0 Å². The van der Waals surface area contributed by atoms with Crippen LogP contribution in [-0.2, 0) is 46.4 Å². The number of unbranched alkanes of at least 4 members (excludes halogenated alkanes) is 2. The molecule has 4 aromatic carbocycles. The fraction of sp³-hybridized carbons (Fsp3) is 0.418. The summed E-state index contributed by atoms with van der Waals surface area (Å²) in [5.41, 5.74) is 3.90. The molecule has 2 saturated heterocycles. The van der Waals surface area contributed by atoms with E-state index in [0.29, 0.717) is 62.6 Å². The third-order valence-corrected chi connectivity index (χ3v) is 12.6. The summed E-state index contributed by atoms with van der Waals surface area (Å²) in [4.78, 5) is 111. The summed E-state index contributed by atoms with van der Waals surface area (Å²) in [6, 6.07) is 28.1. The fourth-order valence-corrected chi connectivity index (χ4v) is 8.88. The van der Waals surface area contributed by atoms with E-state index in [4.69, 9.17) is 14.3 Å². The molecular formula is C55H66N6O11. The number of para-hydroxylation sites is 1. The van der Waals surface area contributed by atoms with Gasteiger partial charge in [0.1, 0.15) is 17.9 Å². The van der Waals surface area contributed by atoms with Gasteiger partial charge in [0, 0.05) is 56.9 Å². The predicted molar refractivity (Wildman–Crippen MR) is 267 cm³/mol. The predicted octanol–water partition coefficient (Wildman–Crippen LogP) is 6.09. The molecule has 382 valence electrons. The van der Waals surface area contributed by atoms with E-state index in [1.807, 2.05) is 107 Å². The first-order valence-corrected chi connectivity index (χ1v) is 24.7. The average Bonchev–Trinajstić information content (AvgIpc) is 3.67. The molecule has 0 unspecified atom stereocenters. The quantitative estimate of drug-likeness (QED) is 0.0338. The van der Waals surface area contributed by atoms with Crippen LogP contribution in [0.25, 0.3) is 0 Å². The van der Waals surface area contributed by atoms with Crippen molar-refractivity contribution in [2.75, 3.05) is 26.2 Å². The highest BCUT2D eigenvalue weighted by molar-refractivity contribution is 6.03. The van der Waals surface area contributed by atoms with Crippen molar-refractivity contribution >= 4 is 47.5 Å². The molecule has 0 radical (unpaired) electrons. The molecule has 0 aliphatic carbocycles. The summed E-state index contributed by atoms with van der Waals surface area (Å²) >= 11 is 0. The summed E-state index contributed by atoms with van der Waals surface area (Å²) in [7, 11) is 0. The molecule has 17 heteroatoms. The zero-order valence-electron chi connectivity index (χ0n) is 41.5. The number of ether oxygens (including phenoxy) is 2. The van der Waals surface area contributed by atoms with Crippen LogP contribution in [0.4, 0.5) is 4.79 Å². The Bertz CT molecular complexity index is 2480.